The van der Waals surface area contributed by atoms with Crippen LogP contribution in [0.2, 0.25) is 0 Å². The van der Waals surface area contributed by atoms with Gasteiger partial charge < -0.3 is 9.26 Å². The van der Waals surface area contributed by atoms with Gasteiger partial charge in [0, 0.05) is 0 Å². The number of fused-ring (bicyclic) bond motifs is 1. The molecule has 0 N–H and O–H groups in total. The number of hydrogen-bond donors (Lipinski definition) is 0. The number of unbranched alkanes of at least 4 members (excludes halogenated alkanes) is 1. The van der Waals surface area contributed by atoms with Crippen molar-refractivity contribution in [3.63, 3.8) is 0 Å². The van der Waals surface area contributed by atoms with E-state index in [1.165, 1.54) is 12.1 Å². The van der Waals surface area contributed by atoms with Crippen molar-refractivity contribution in [1.82, 2.24) is 0 Å². The molecule has 0 fully saturated rings. The molecule has 0 spiro atoms. The Morgan fingerprint density at radius 3 is 2.64 bits per heavy atom. The molecule has 0 bridgehead atoms. The van der Waals surface area contributed by atoms with E-state index in [9.17, 15) is 9.36 Å². The Labute approximate surface area is 143 Å². The van der Waals surface area contributed by atoms with Crippen molar-refractivity contribution in [2.24, 2.45) is 0 Å². The zero-order valence-electron chi connectivity index (χ0n) is 11.6. The molecule has 2 atom stereocenters. The maximum Gasteiger partial charge on any atom is 0.424 e. The maximum atomic E-state index is 13.0. The number of rotatable bonds is 4. The number of carbonyl (C=O) groups excluding carboxylic acids is 1. The molecule has 1 aromatic rings. The van der Waals surface area contributed by atoms with Crippen molar-refractivity contribution in [2.45, 2.75) is 29.4 Å². The second-order valence-corrected chi connectivity index (χ2v) is 8.97. The van der Waals surface area contributed by atoms with Crippen LogP contribution in [0.4, 0.5) is 0 Å². The Morgan fingerprint density at radius 2 is 2.00 bits per heavy atom. The summed E-state index contributed by atoms with van der Waals surface area (Å²) in [5.41, 5.74) is 0.0959. The van der Waals surface area contributed by atoms with Gasteiger partial charge in [-0.3, -0.25) is 4.52 Å². The molecule has 122 valence electrons. The van der Waals surface area contributed by atoms with Crippen LogP contribution in [-0.2, 0) is 13.8 Å². The van der Waals surface area contributed by atoms with Gasteiger partial charge in [-0.05, 0) is 18.6 Å². The average Bonchev–Trinajstić information content (AvgIpc) is 2.54. The molecule has 1 aliphatic heterocycles. The molecule has 2 unspecified atom stereocenters. The Kier molecular flexibility index (Phi) is 5.68. The highest BCUT2D eigenvalue weighted by Crippen LogP contribution is 2.62. The lowest BCUT2D eigenvalue weighted by molar-refractivity contribution is 0.0416. The zero-order chi connectivity index (χ0) is 16.4. The first-order valence-electron chi connectivity index (χ1n) is 6.58. The summed E-state index contributed by atoms with van der Waals surface area (Å²) in [7, 11) is -4.03. The molecule has 1 aliphatic rings. The molecule has 0 aromatic heterocycles. The van der Waals surface area contributed by atoms with E-state index in [2.05, 4.69) is 0 Å². The van der Waals surface area contributed by atoms with Gasteiger partial charge in [0.1, 0.15) is 11.3 Å². The molecule has 0 saturated carbocycles. The van der Waals surface area contributed by atoms with Crippen LogP contribution in [0.15, 0.2) is 24.3 Å². The number of para-hydroxylation sites is 1. The van der Waals surface area contributed by atoms with Crippen LogP contribution < -0.4 is 4.52 Å². The molecule has 9 heteroatoms. The number of hydrogen-bond acceptors (Lipinski definition) is 5. The van der Waals surface area contributed by atoms with Crippen LogP contribution in [0.5, 0.6) is 5.75 Å². The molecule has 1 aromatic carbocycles. The minimum Gasteiger partial charge on any atom is -0.440 e. The predicted molar refractivity (Wildman–Crippen MR) is 85.0 cm³/mol. The normalized spacial score (nSPS) is 24.9. The number of esters is 1. The Bertz CT molecular complexity index is 602. The van der Waals surface area contributed by atoms with Crippen molar-refractivity contribution in [2.75, 3.05) is 6.61 Å². The number of carbonyl (C=O) groups is 1. The highest BCUT2D eigenvalue weighted by Gasteiger charge is 2.55. The summed E-state index contributed by atoms with van der Waals surface area (Å²) in [5, 5.41) is 0. The number of cyclic esters (lactones) is 1. The lowest BCUT2D eigenvalue weighted by atomic mass is 10.2. The quantitative estimate of drug-likeness (QED) is 0.317. The van der Waals surface area contributed by atoms with E-state index >= 15 is 0 Å². The summed E-state index contributed by atoms with van der Waals surface area (Å²) in [6.45, 7) is 2.07. The van der Waals surface area contributed by atoms with Gasteiger partial charge in [0.25, 0.3) is 5.85 Å². The van der Waals surface area contributed by atoms with Gasteiger partial charge in [0.2, 0.25) is 3.79 Å². The molecule has 0 amide bonds. The van der Waals surface area contributed by atoms with E-state index in [0.29, 0.717) is 6.42 Å². The molecule has 0 radical (unpaired) electrons. The fourth-order valence-electron chi connectivity index (χ4n) is 1.81. The number of alkyl halides is 3. The summed E-state index contributed by atoms with van der Waals surface area (Å²) in [6, 6.07) is 6.18. The first-order chi connectivity index (χ1) is 10.3. The highest BCUT2D eigenvalue weighted by atomic mass is 35.6. The molecule has 1 heterocycles. The van der Waals surface area contributed by atoms with E-state index in [1.54, 1.807) is 12.1 Å². The van der Waals surface area contributed by atoms with Gasteiger partial charge in [-0.25, -0.2) is 9.36 Å². The Hall–Kier alpha value is -0.450. The molecule has 5 nitrogen and oxygen atoms in total. The standard InChI is InChI=1S/C13H14Cl3O5P/c1-2-3-8-19-22(18)12(13(14,15)16)20-11(17)9-6-4-5-7-10(9)21-22/h4-7,12H,2-3,8H2,1H3. The van der Waals surface area contributed by atoms with Crippen molar-refractivity contribution in [3.8, 4) is 5.75 Å². The van der Waals surface area contributed by atoms with Crippen molar-refractivity contribution < 1.29 is 23.1 Å². The van der Waals surface area contributed by atoms with Crippen LogP contribution in [0.25, 0.3) is 0 Å². The van der Waals surface area contributed by atoms with Crippen molar-refractivity contribution in [3.05, 3.63) is 29.8 Å². The topological polar surface area (TPSA) is 61.8 Å². The van der Waals surface area contributed by atoms with Gasteiger partial charge in [-0.2, -0.15) is 0 Å². The zero-order valence-corrected chi connectivity index (χ0v) is 14.8. The van der Waals surface area contributed by atoms with Crippen LogP contribution in [-0.4, -0.2) is 22.2 Å². The smallest absolute Gasteiger partial charge is 0.424 e. The van der Waals surface area contributed by atoms with E-state index in [0.717, 1.165) is 6.42 Å². The summed E-state index contributed by atoms with van der Waals surface area (Å²) in [4.78, 5) is 12.1. The summed E-state index contributed by atoms with van der Waals surface area (Å²) >= 11 is 17.4. The fraction of sp³-hybridized carbons (Fsp3) is 0.462. The fourth-order valence-corrected chi connectivity index (χ4v) is 4.70. The van der Waals surface area contributed by atoms with Gasteiger partial charge in [0.15, 0.2) is 0 Å². The Balaban J connectivity index is 2.42. The van der Waals surface area contributed by atoms with Gasteiger partial charge >= 0.3 is 13.6 Å². The molecule has 0 saturated heterocycles. The molecule has 22 heavy (non-hydrogen) atoms. The first-order valence-corrected chi connectivity index (χ1v) is 9.33. The highest BCUT2D eigenvalue weighted by molar-refractivity contribution is 7.55. The minimum atomic E-state index is -4.03. The third-order valence-electron chi connectivity index (χ3n) is 2.89. The third kappa shape index (κ3) is 3.90. The van der Waals surface area contributed by atoms with Crippen molar-refractivity contribution in [1.29, 1.82) is 0 Å². The number of benzene rings is 1. The summed E-state index contributed by atoms with van der Waals surface area (Å²) in [5.74, 6) is -2.37. The molecule has 0 aliphatic carbocycles. The lowest BCUT2D eigenvalue weighted by Crippen LogP contribution is -2.32. The lowest BCUT2D eigenvalue weighted by Gasteiger charge is -2.28. The minimum absolute atomic E-state index is 0.0732. The summed E-state index contributed by atoms with van der Waals surface area (Å²) in [6.07, 6.45) is 1.45. The average molecular weight is 388 g/mol. The van der Waals surface area contributed by atoms with E-state index < -0.39 is 23.2 Å². The SMILES string of the molecule is CCCCOP1(=O)Oc2ccccc2C(=O)OC1C(Cl)(Cl)Cl. The monoisotopic (exact) mass is 386 g/mol. The van der Waals surface area contributed by atoms with E-state index in [-0.39, 0.29) is 17.9 Å². The maximum absolute atomic E-state index is 13.0. The van der Waals surface area contributed by atoms with Gasteiger partial charge in [0.05, 0.1) is 6.61 Å². The van der Waals surface area contributed by atoms with Crippen molar-refractivity contribution >= 4 is 48.4 Å². The molecule has 2 rings (SSSR count). The van der Waals surface area contributed by atoms with Crippen LogP contribution in [0.3, 0.4) is 0 Å². The molecular formula is C13H14Cl3O5P. The molecular weight excluding hydrogens is 373 g/mol. The largest absolute Gasteiger partial charge is 0.440 e. The third-order valence-corrected chi connectivity index (χ3v) is 6.00. The Morgan fingerprint density at radius 1 is 1.32 bits per heavy atom. The van der Waals surface area contributed by atoms with Crippen LogP contribution in [0.1, 0.15) is 30.1 Å². The van der Waals surface area contributed by atoms with E-state index in [1.807, 2.05) is 6.92 Å². The predicted octanol–water partition coefficient (Wildman–Crippen LogP) is 4.94. The van der Waals surface area contributed by atoms with Gasteiger partial charge in [-0.1, -0.05) is 60.3 Å². The first kappa shape index (κ1) is 17.9. The second kappa shape index (κ2) is 6.98. The number of halogens is 3. The van der Waals surface area contributed by atoms with Gasteiger partial charge in [-0.15, -0.1) is 0 Å². The number of ether oxygens (including phenoxy) is 1. The van der Waals surface area contributed by atoms with E-state index in [4.69, 9.17) is 48.6 Å². The van der Waals surface area contributed by atoms with Crippen LogP contribution >= 0.6 is 42.4 Å². The van der Waals surface area contributed by atoms with Crippen LogP contribution in [0, 0.1) is 0 Å². The summed E-state index contributed by atoms with van der Waals surface area (Å²) < 4.78 is 26.8. The second-order valence-electron chi connectivity index (χ2n) is 4.61.